The summed E-state index contributed by atoms with van der Waals surface area (Å²) >= 11 is 1.17. The van der Waals surface area contributed by atoms with Gasteiger partial charge in [0.1, 0.15) is 17.3 Å². The van der Waals surface area contributed by atoms with Crippen molar-refractivity contribution in [2.24, 2.45) is 0 Å². The van der Waals surface area contributed by atoms with E-state index in [9.17, 15) is 17.6 Å². The third kappa shape index (κ3) is 5.62. The van der Waals surface area contributed by atoms with Gasteiger partial charge in [-0.2, -0.15) is 0 Å². The number of methoxy groups -OCH3 is 1. The van der Waals surface area contributed by atoms with Crippen LogP contribution in [0.5, 0.6) is 5.75 Å². The van der Waals surface area contributed by atoms with Gasteiger partial charge in [-0.3, -0.25) is 9.69 Å². The highest BCUT2D eigenvalue weighted by Gasteiger charge is 2.27. The van der Waals surface area contributed by atoms with E-state index in [4.69, 9.17) is 4.74 Å². The Hall–Kier alpha value is -2.56. The lowest BCUT2D eigenvalue weighted by Gasteiger charge is -2.24. The highest BCUT2D eigenvalue weighted by molar-refractivity contribution is 7.92. The number of amides is 1. The number of ether oxygens (including phenoxy) is 1. The molecule has 1 aromatic heterocycles. The third-order valence-corrected chi connectivity index (χ3v) is 7.80. The van der Waals surface area contributed by atoms with E-state index < -0.39 is 27.3 Å². The zero-order valence-corrected chi connectivity index (χ0v) is 19.9. The first kappa shape index (κ1) is 24.1. The van der Waals surface area contributed by atoms with Gasteiger partial charge in [-0.05, 0) is 55.6 Å². The topological polar surface area (TPSA) is 79.8 Å². The van der Waals surface area contributed by atoms with Gasteiger partial charge in [0.25, 0.3) is 0 Å². The van der Waals surface area contributed by atoms with Gasteiger partial charge in [0.2, 0.25) is 5.91 Å². The fourth-order valence-electron chi connectivity index (χ4n) is 3.22. The van der Waals surface area contributed by atoms with Crippen molar-refractivity contribution in [2.45, 2.75) is 18.7 Å². The summed E-state index contributed by atoms with van der Waals surface area (Å²) in [7, 11) is -2.38. The molecule has 2 aromatic carbocycles. The molecule has 10 heteroatoms. The van der Waals surface area contributed by atoms with Crippen molar-refractivity contribution in [2.75, 3.05) is 43.9 Å². The monoisotopic (exact) mass is 479 g/mol. The molecular formula is C22H26FN3O4S2. The van der Waals surface area contributed by atoms with Crippen LogP contribution in [0.25, 0.3) is 10.2 Å². The van der Waals surface area contributed by atoms with E-state index in [0.29, 0.717) is 27.6 Å². The van der Waals surface area contributed by atoms with Crippen molar-refractivity contribution < 1.29 is 22.3 Å². The molecule has 0 aliphatic heterocycles. The van der Waals surface area contributed by atoms with E-state index in [1.54, 1.807) is 6.07 Å². The number of hydrogen-bond acceptors (Lipinski definition) is 7. The summed E-state index contributed by atoms with van der Waals surface area (Å²) in [6.07, 6.45) is 0. The molecule has 0 saturated carbocycles. The standard InChI is InChI=1S/C22H26FN3O4S2/c1-4-25(5-2)12-13-26(22-24-19-11-6-16(23)14-20(19)31-22)21(27)15-32(28,29)18-9-7-17(30-3)8-10-18/h6-11,14H,4-5,12-13,15H2,1-3H3. The number of fused-ring (bicyclic) bond motifs is 1. The number of sulfone groups is 1. The second kappa shape index (κ2) is 10.4. The van der Waals surface area contributed by atoms with Crippen LogP contribution in [0.1, 0.15) is 13.8 Å². The second-order valence-corrected chi connectivity index (χ2v) is 10.1. The summed E-state index contributed by atoms with van der Waals surface area (Å²) in [5.74, 6) is -1.14. The molecule has 0 fully saturated rings. The number of hydrogen-bond donors (Lipinski definition) is 0. The number of carbonyl (C=O) groups is 1. The van der Waals surface area contributed by atoms with Crippen LogP contribution in [-0.2, 0) is 14.6 Å². The predicted octanol–water partition coefficient (Wildman–Crippen LogP) is 3.59. The molecule has 0 atom stereocenters. The molecule has 0 N–H and O–H groups in total. The van der Waals surface area contributed by atoms with Crippen LogP contribution >= 0.6 is 11.3 Å². The minimum absolute atomic E-state index is 0.0433. The number of nitrogens with zero attached hydrogens (tertiary/aromatic N) is 3. The molecule has 0 unspecified atom stereocenters. The van der Waals surface area contributed by atoms with Crippen LogP contribution in [0.3, 0.4) is 0 Å². The zero-order chi connectivity index (χ0) is 23.3. The van der Waals surface area contributed by atoms with Gasteiger partial charge in [-0.25, -0.2) is 17.8 Å². The molecule has 3 rings (SSSR count). The fourth-order valence-corrected chi connectivity index (χ4v) is 5.45. The van der Waals surface area contributed by atoms with Crippen LogP contribution in [0.2, 0.25) is 0 Å². The SMILES string of the molecule is CCN(CC)CCN(C(=O)CS(=O)(=O)c1ccc(OC)cc1)c1nc2ccc(F)cc2s1. The largest absolute Gasteiger partial charge is 0.497 e. The predicted molar refractivity (Wildman–Crippen MR) is 125 cm³/mol. The average Bonchev–Trinajstić information content (AvgIpc) is 3.19. The van der Waals surface area contributed by atoms with Gasteiger partial charge >= 0.3 is 0 Å². The van der Waals surface area contributed by atoms with Gasteiger partial charge in [-0.15, -0.1) is 0 Å². The summed E-state index contributed by atoms with van der Waals surface area (Å²) in [5.41, 5.74) is 0.560. The molecule has 32 heavy (non-hydrogen) atoms. The van der Waals surface area contributed by atoms with E-state index in [-0.39, 0.29) is 11.4 Å². The Kier molecular flexibility index (Phi) is 7.81. The van der Waals surface area contributed by atoms with Crippen molar-refractivity contribution in [1.29, 1.82) is 0 Å². The molecule has 1 heterocycles. The number of carbonyl (C=O) groups excluding carboxylic acids is 1. The Labute approximate surface area is 191 Å². The van der Waals surface area contributed by atoms with Crippen molar-refractivity contribution in [3.63, 3.8) is 0 Å². The lowest BCUT2D eigenvalue weighted by Crippen LogP contribution is -2.41. The highest BCUT2D eigenvalue weighted by Crippen LogP contribution is 2.30. The van der Waals surface area contributed by atoms with Gasteiger partial charge in [0, 0.05) is 13.1 Å². The summed E-state index contributed by atoms with van der Waals surface area (Å²) in [5, 5.41) is 0.354. The minimum Gasteiger partial charge on any atom is -0.497 e. The molecule has 0 saturated heterocycles. The van der Waals surface area contributed by atoms with E-state index in [1.165, 1.54) is 59.7 Å². The number of likely N-dealkylation sites (N-methyl/N-ethyl adjacent to an activating group) is 1. The minimum atomic E-state index is -3.87. The molecule has 0 spiro atoms. The normalized spacial score (nSPS) is 11.8. The maximum atomic E-state index is 13.6. The lowest BCUT2D eigenvalue weighted by atomic mass is 10.3. The molecule has 0 aliphatic rings. The summed E-state index contributed by atoms with van der Waals surface area (Å²) in [6.45, 7) is 6.47. The maximum Gasteiger partial charge on any atom is 0.244 e. The van der Waals surface area contributed by atoms with Gasteiger partial charge in [0.05, 0.1) is 22.2 Å². The number of rotatable bonds is 10. The van der Waals surface area contributed by atoms with Crippen LogP contribution in [-0.4, -0.2) is 63.3 Å². The molecule has 3 aromatic rings. The number of halogens is 1. The molecule has 0 radical (unpaired) electrons. The Morgan fingerprint density at radius 1 is 1.09 bits per heavy atom. The van der Waals surface area contributed by atoms with Crippen LogP contribution in [0.15, 0.2) is 47.4 Å². The summed E-state index contributed by atoms with van der Waals surface area (Å²) in [4.78, 5) is 21.2. The Bertz CT molecular complexity index is 1180. The first-order valence-electron chi connectivity index (χ1n) is 10.2. The Morgan fingerprint density at radius 2 is 1.78 bits per heavy atom. The molecule has 7 nitrogen and oxygen atoms in total. The molecule has 0 bridgehead atoms. The number of anilines is 1. The van der Waals surface area contributed by atoms with E-state index in [0.717, 1.165) is 13.1 Å². The molecule has 1 amide bonds. The maximum absolute atomic E-state index is 13.6. The number of benzene rings is 2. The molecule has 172 valence electrons. The zero-order valence-electron chi connectivity index (χ0n) is 18.2. The van der Waals surface area contributed by atoms with Crippen molar-refractivity contribution in [1.82, 2.24) is 9.88 Å². The average molecular weight is 480 g/mol. The van der Waals surface area contributed by atoms with Crippen molar-refractivity contribution in [3.05, 3.63) is 48.3 Å². The van der Waals surface area contributed by atoms with Gasteiger partial charge in [-0.1, -0.05) is 25.2 Å². The summed E-state index contributed by atoms with van der Waals surface area (Å²) in [6, 6.07) is 10.1. The van der Waals surface area contributed by atoms with Gasteiger partial charge < -0.3 is 9.64 Å². The van der Waals surface area contributed by atoms with Gasteiger partial charge in [0.15, 0.2) is 15.0 Å². The fraction of sp³-hybridized carbons (Fsp3) is 0.364. The van der Waals surface area contributed by atoms with Crippen molar-refractivity contribution >= 4 is 42.4 Å². The smallest absolute Gasteiger partial charge is 0.244 e. The van der Waals surface area contributed by atoms with E-state index in [2.05, 4.69) is 9.88 Å². The Balaban J connectivity index is 1.89. The van der Waals surface area contributed by atoms with E-state index >= 15 is 0 Å². The lowest BCUT2D eigenvalue weighted by molar-refractivity contribution is -0.116. The van der Waals surface area contributed by atoms with E-state index in [1.807, 2.05) is 13.8 Å². The first-order valence-corrected chi connectivity index (χ1v) is 12.7. The highest BCUT2D eigenvalue weighted by atomic mass is 32.2. The van der Waals surface area contributed by atoms with Crippen molar-refractivity contribution in [3.8, 4) is 5.75 Å². The van der Waals surface area contributed by atoms with Crippen LogP contribution < -0.4 is 9.64 Å². The third-order valence-electron chi connectivity index (χ3n) is 5.14. The summed E-state index contributed by atoms with van der Waals surface area (Å²) < 4.78 is 45.0. The quantitative estimate of drug-likeness (QED) is 0.442. The van der Waals surface area contributed by atoms with Crippen LogP contribution in [0.4, 0.5) is 9.52 Å². The number of aromatic nitrogens is 1. The van der Waals surface area contributed by atoms with Crippen LogP contribution in [0, 0.1) is 5.82 Å². The first-order chi connectivity index (χ1) is 15.3. The number of thiazole rings is 1. The molecular weight excluding hydrogens is 453 g/mol. The second-order valence-electron chi connectivity index (χ2n) is 7.12. The Morgan fingerprint density at radius 3 is 2.41 bits per heavy atom. The molecule has 0 aliphatic carbocycles.